The molecule has 0 bridgehead atoms. The first-order valence-electron chi connectivity index (χ1n) is 4.55. The number of nitrogens with one attached hydrogen (secondary N) is 2. The minimum absolute atomic E-state index is 0.280. The fourth-order valence-corrected chi connectivity index (χ4v) is 2.34. The van der Waals surface area contributed by atoms with E-state index in [1.54, 1.807) is 0 Å². The molecule has 0 atom stereocenters. The van der Waals surface area contributed by atoms with Gasteiger partial charge in [-0.3, -0.25) is 5.10 Å². The summed E-state index contributed by atoms with van der Waals surface area (Å²) >= 11 is 9.15. The van der Waals surface area contributed by atoms with Gasteiger partial charge in [-0.25, -0.2) is 0 Å². The predicted octanol–water partition coefficient (Wildman–Crippen LogP) is 4.73. The van der Waals surface area contributed by atoms with Crippen molar-refractivity contribution < 1.29 is 13.2 Å². The topological polar surface area (TPSA) is 40.7 Å². The number of alkyl halides is 3. The van der Waals surface area contributed by atoms with E-state index in [1.165, 1.54) is 6.07 Å². The lowest BCUT2D eigenvalue weighted by Gasteiger charge is -2.10. The van der Waals surface area contributed by atoms with Crippen molar-refractivity contribution in [1.29, 1.82) is 0 Å². The number of benzene rings is 1. The maximum Gasteiger partial charge on any atom is 0.416 e. The highest BCUT2D eigenvalue weighted by Gasteiger charge is 2.30. The summed E-state index contributed by atoms with van der Waals surface area (Å²) in [5, 5.41) is 9.53. The smallest absolute Gasteiger partial charge is 0.329 e. The minimum atomic E-state index is -4.38. The Morgan fingerprint density at radius 2 is 2.11 bits per heavy atom. The molecule has 3 nitrogen and oxygen atoms in total. The summed E-state index contributed by atoms with van der Waals surface area (Å²) in [6, 6.07) is 3.34. The number of halogens is 4. The second kappa shape index (κ2) is 4.98. The van der Waals surface area contributed by atoms with E-state index in [2.05, 4.69) is 31.4 Å². The summed E-state index contributed by atoms with van der Waals surface area (Å²) in [6.07, 6.45) is -4.38. The van der Waals surface area contributed by atoms with Gasteiger partial charge in [0.2, 0.25) is 5.13 Å². The summed E-state index contributed by atoms with van der Waals surface area (Å²) in [5.41, 5.74) is -0.449. The first-order chi connectivity index (χ1) is 8.36. The van der Waals surface area contributed by atoms with E-state index in [0.717, 1.165) is 23.5 Å². The van der Waals surface area contributed by atoms with Crippen LogP contribution in [0.4, 0.5) is 24.0 Å². The normalized spacial score (nSPS) is 11.6. The van der Waals surface area contributed by atoms with E-state index in [0.29, 0.717) is 13.6 Å². The van der Waals surface area contributed by atoms with Crippen LogP contribution in [0.15, 0.2) is 22.7 Å². The molecular formula is C9H5BrF3N3S2. The Hall–Kier alpha value is -0.930. The number of nitrogens with zero attached hydrogens (tertiary/aromatic N) is 1. The van der Waals surface area contributed by atoms with Crippen LogP contribution in [0, 0.1) is 3.95 Å². The van der Waals surface area contributed by atoms with Crippen LogP contribution in [0.1, 0.15) is 5.56 Å². The highest BCUT2D eigenvalue weighted by Crippen LogP contribution is 2.35. The van der Waals surface area contributed by atoms with Gasteiger partial charge in [-0.1, -0.05) is 11.3 Å². The van der Waals surface area contributed by atoms with E-state index in [-0.39, 0.29) is 5.69 Å². The highest BCUT2D eigenvalue weighted by molar-refractivity contribution is 9.10. The van der Waals surface area contributed by atoms with Gasteiger partial charge in [0.15, 0.2) is 3.95 Å². The number of hydrogen-bond donors (Lipinski definition) is 2. The summed E-state index contributed by atoms with van der Waals surface area (Å²) in [4.78, 5) is 0. The van der Waals surface area contributed by atoms with E-state index in [1.807, 2.05) is 0 Å². The molecule has 0 saturated heterocycles. The molecule has 0 fully saturated rings. The van der Waals surface area contributed by atoms with Crippen molar-refractivity contribution in [2.75, 3.05) is 5.32 Å². The number of anilines is 2. The second-order valence-corrected chi connectivity index (χ2v) is 5.76. The molecule has 1 aromatic heterocycles. The van der Waals surface area contributed by atoms with E-state index in [4.69, 9.17) is 12.2 Å². The minimum Gasteiger partial charge on any atom is -0.329 e. The Balaban J connectivity index is 2.35. The van der Waals surface area contributed by atoms with Gasteiger partial charge in [-0.15, -0.1) is 5.10 Å². The summed E-state index contributed by atoms with van der Waals surface area (Å²) in [5.74, 6) is 0. The number of aromatic nitrogens is 2. The summed E-state index contributed by atoms with van der Waals surface area (Å²) in [6.45, 7) is 0. The molecule has 1 heterocycles. The second-order valence-electron chi connectivity index (χ2n) is 3.24. The zero-order valence-electron chi connectivity index (χ0n) is 8.51. The monoisotopic (exact) mass is 355 g/mol. The first kappa shape index (κ1) is 13.5. The third-order valence-corrected chi connectivity index (χ3v) is 3.67. The molecule has 0 saturated carbocycles. The lowest BCUT2D eigenvalue weighted by atomic mass is 10.2. The molecule has 0 spiro atoms. The van der Waals surface area contributed by atoms with Crippen molar-refractivity contribution in [3.63, 3.8) is 0 Å². The lowest BCUT2D eigenvalue weighted by Crippen LogP contribution is -2.05. The molecular weight excluding hydrogens is 351 g/mol. The maximum atomic E-state index is 12.6. The Morgan fingerprint density at radius 1 is 1.39 bits per heavy atom. The van der Waals surface area contributed by atoms with Crippen LogP contribution in [0.2, 0.25) is 0 Å². The Kier molecular flexibility index (Phi) is 3.74. The maximum absolute atomic E-state index is 12.6. The average Bonchev–Trinajstić information content (AvgIpc) is 2.66. The first-order valence-corrected chi connectivity index (χ1v) is 6.57. The van der Waals surface area contributed by atoms with E-state index < -0.39 is 11.7 Å². The molecule has 0 aliphatic carbocycles. The van der Waals surface area contributed by atoms with Gasteiger partial charge in [-0.2, -0.15) is 13.2 Å². The lowest BCUT2D eigenvalue weighted by molar-refractivity contribution is -0.137. The van der Waals surface area contributed by atoms with Gasteiger partial charge in [0, 0.05) is 4.47 Å². The quantitative estimate of drug-likeness (QED) is 0.765. The molecule has 0 radical (unpaired) electrons. The van der Waals surface area contributed by atoms with Crippen molar-refractivity contribution >= 4 is 50.3 Å². The molecule has 9 heteroatoms. The average molecular weight is 356 g/mol. The van der Waals surface area contributed by atoms with Gasteiger partial charge in [0.25, 0.3) is 0 Å². The largest absolute Gasteiger partial charge is 0.416 e. The Bertz CT molecular complexity index is 620. The van der Waals surface area contributed by atoms with Crippen molar-refractivity contribution in [3.05, 3.63) is 32.2 Å². The van der Waals surface area contributed by atoms with Crippen LogP contribution >= 0.6 is 39.5 Å². The third-order valence-electron chi connectivity index (χ3n) is 1.97. The predicted molar refractivity (Wildman–Crippen MR) is 69.7 cm³/mol. The van der Waals surface area contributed by atoms with Crippen molar-refractivity contribution in [1.82, 2.24) is 10.2 Å². The van der Waals surface area contributed by atoms with Gasteiger partial charge in [0.05, 0.1) is 11.3 Å². The zero-order valence-corrected chi connectivity index (χ0v) is 11.7. The fourth-order valence-electron chi connectivity index (χ4n) is 1.20. The van der Waals surface area contributed by atoms with E-state index in [9.17, 15) is 13.2 Å². The molecule has 96 valence electrons. The standard InChI is InChI=1S/C9H5BrF3N3S2/c10-5-2-1-4(9(11,12)13)3-6(5)14-7-15-16-8(17)18-7/h1-3H,(H,14,15)(H,16,17). The highest BCUT2D eigenvalue weighted by atomic mass is 79.9. The molecule has 0 unspecified atom stereocenters. The summed E-state index contributed by atoms with van der Waals surface area (Å²) < 4.78 is 38.6. The number of rotatable bonds is 2. The molecule has 0 aliphatic heterocycles. The van der Waals surface area contributed by atoms with Crippen LogP contribution in [0.25, 0.3) is 0 Å². The molecule has 18 heavy (non-hydrogen) atoms. The zero-order chi connectivity index (χ0) is 13.3. The number of H-pyrrole nitrogens is 1. The van der Waals surface area contributed by atoms with Gasteiger partial charge in [0.1, 0.15) is 0 Å². The van der Waals surface area contributed by atoms with Crippen molar-refractivity contribution in [2.45, 2.75) is 6.18 Å². The van der Waals surface area contributed by atoms with Crippen LogP contribution in [-0.2, 0) is 6.18 Å². The fraction of sp³-hybridized carbons (Fsp3) is 0.111. The SMILES string of the molecule is FC(F)(F)c1ccc(Br)c(Nc2n[nH]c(=S)s2)c1. The Morgan fingerprint density at radius 3 is 2.67 bits per heavy atom. The molecule has 2 rings (SSSR count). The number of aromatic amines is 1. The summed E-state index contributed by atoms with van der Waals surface area (Å²) in [7, 11) is 0. The number of hydrogen-bond acceptors (Lipinski definition) is 4. The Labute approximate surface area is 117 Å². The van der Waals surface area contributed by atoms with Crippen molar-refractivity contribution in [3.8, 4) is 0 Å². The van der Waals surface area contributed by atoms with Crippen LogP contribution < -0.4 is 5.32 Å². The molecule has 1 aromatic carbocycles. The third kappa shape index (κ3) is 3.09. The molecule has 2 aromatic rings. The van der Waals surface area contributed by atoms with Crippen LogP contribution in [0.5, 0.6) is 0 Å². The van der Waals surface area contributed by atoms with Crippen molar-refractivity contribution in [2.24, 2.45) is 0 Å². The van der Waals surface area contributed by atoms with Gasteiger partial charge in [-0.05, 0) is 46.3 Å². The van der Waals surface area contributed by atoms with Gasteiger partial charge >= 0.3 is 6.18 Å². The molecule has 0 amide bonds. The van der Waals surface area contributed by atoms with Crippen LogP contribution in [0.3, 0.4) is 0 Å². The molecule has 0 aliphatic rings. The van der Waals surface area contributed by atoms with Gasteiger partial charge < -0.3 is 5.32 Å². The van der Waals surface area contributed by atoms with E-state index >= 15 is 0 Å². The van der Waals surface area contributed by atoms with Crippen LogP contribution in [-0.4, -0.2) is 10.2 Å². The molecule has 2 N–H and O–H groups in total.